The lowest BCUT2D eigenvalue weighted by Gasteiger charge is -2.14. The highest BCUT2D eigenvalue weighted by atomic mass is 32.2. The van der Waals surface area contributed by atoms with E-state index in [1.807, 2.05) is 42.0 Å². The molecule has 0 aliphatic carbocycles. The van der Waals surface area contributed by atoms with E-state index in [1.165, 1.54) is 6.26 Å². The molecule has 6 heteroatoms. The minimum Gasteiger partial charge on any atom is -0.309 e. The first kappa shape index (κ1) is 14.7. The van der Waals surface area contributed by atoms with Crippen molar-refractivity contribution in [1.29, 1.82) is 0 Å². The van der Waals surface area contributed by atoms with E-state index in [1.54, 1.807) is 12.5 Å². The monoisotopic (exact) mass is 293 g/mol. The zero-order chi connectivity index (χ0) is 14.6. The number of benzene rings is 1. The van der Waals surface area contributed by atoms with Gasteiger partial charge in [-0.2, -0.15) is 0 Å². The average Bonchev–Trinajstić information content (AvgIpc) is 2.91. The van der Waals surface area contributed by atoms with E-state index in [2.05, 4.69) is 10.3 Å². The highest BCUT2D eigenvalue weighted by Gasteiger charge is 2.07. The van der Waals surface area contributed by atoms with Gasteiger partial charge in [0.05, 0.1) is 12.1 Å². The van der Waals surface area contributed by atoms with Gasteiger partial charge in [-0.05, 0) is 24.6 Å². The first-order valence-corrected chi connectivity index (χ1v) is 8.51. The fourth-order valence-corrected chi connectivity index (χ4v) is 2.41. The van der Waals surface area contributed by atoms with E-state index < -0.39 is 9.84 Å². The molecule has 0 amide bonds. The van der Waals surface area contributed by atoms with Crippen LogP contribution in [-0.4, -0.2) is 36.5 Å². The van der Waals surface area contributed by atoms with E-state index in [-0.39, 0.29) is 11.8 Å². The van der Waals surface area contributed by atoms with Crippen molar-refractivity contribution in [2.75, 3.05) is 18.6 Å². The number of hydrogen-bond donors (Lipinski definition) is 1. The predicted octanol–water partition coefficient (Wildman–Crippen LogP) is 1.57. The fraction of sp³-hybridized carbons (Fsp3) is 0.357. The average molecular weight is 293 g/mol. The van der Waals surface area contributed by atoms with Crippen molar-refractivity contribution in [3.8, 4) is 5.69 Å². The number of aromatic nitrogens is 2. The summed E-state index contributed by atoms with van der Waals surface area (Å²) in [6, 6.07) is 8.23. The maximum atomic E-state index is 11.1. The molecule has 2 aromatic rings. The van der Waals surface area contributed by atoms with Crippen LogP contribution in [0.4, 0.5) is 0 Å². The minimum atomic E-state index is -2.91. The third-order valence-corrected chi connectivity index (χ3v) is 4.06. The van der Waals surface area contributed by atoms with Gasteiger partial charge in [0.25, 0.3) is 0 Å². The molecule has 1 unspecified atom stereocenters. The molecule has 0 fully saturated rings. The lowest BCUT2D eigenvalue weighted by Crippen LogP contribution is -2.25. The minimum absolute atomic E-state index is 0.119. The van der Waals surface area contributed by atoms with E-state index >= 15 is 0 Å². The van der Waals surface area contributed by atoms with Gasteiger partial charge >= 0.3 is 0 Å². The van der Waals surface area contributed by atoms with Crippen LogP contribution in [0.2, 0.25) is 0 Å². The van der Waals surface area contributed by atoms with Gasteiger partial charge in [-0.1, -0.05) is 12.1 Å². The summed E-state index contributed by atoms with van der Waals surface area (Å²) in [4.78, 5) is 4.01. The van der Waals surface area contributed by atoms with Crippen LogP contribution in [0.15, 0.2) is 43.0 Å². The summed E-state index contributed by atoms with van der Waals surface area (Å²) in [6.07, 6.45) is 6.63. The van der Waals surface area contributed by atoms with Gasteiger partial charge in [0.15, 0.2) is 0 Å². The zero-order valence-corrected chi connectivity index (χ0v) is 12.5. The number of nitrogens with one attached hydrogen (secondary N) is 1. The third-order valence-electron chi connectivity index (χ3n) is 3.12. The van der Waals surface area contributed by atoms with E-state index in [9.17, 15) is 8.42 Å². The zero-order valence-electron chi connectivity index (χ0n) is 11.7. The molecule has 0 saturated carbocycles. The molecule has 1 atom stereocenters. The summed E-state index contributed by atoms with van der Waals surface area (Å²) >= 11 is 0. The van der Waals surface area contributed by atoms with E-state index in [0.717, 1.165) is 11.3 Å². The number of rotatable bonds is 6. The van der Waals surface area contributed by atoms with Crippen molar-refractivity contribution in [3.63, 3.8) is 0 Å². The summed E-state index contributed by atoms with van der Waals surface area (Å²) in [5, 5.41) is 3.21. The van der Waals surface area contributed by atoms with Crippen molar-refractivity contribution in [3.05, 3.63) is 48.5 Å². The normalized spacial score (nSPS) is 13.3. The molecule has 0 aliphatic rings. The molecule has 1 aromatic carbocycles. The summed E-state index contributed by atoms with van der Waals surface area (Å²) in [6.45, 7) is 2.48. The fourth-order valence-electron chi connectivity index (χ4n) is 1.93. The molecule has 0 saturated heterocycles. The van der Waals surface area contributed by atoms with Crippen LogP contribution in [0.5, 0.6) is 0 Å². The Balaban J connectivity index is 1.96. The number of nitrogens with zero attached hydrogens (tertiary/aromatic N) is 2. The van der Waals surface area contributed by atoms with Crippen LogP contribution in [0.1, 0.15) is 18.5 Å². The van der Waals surface area contributed by atoms with Gasteiger partial charge in [-0.15, -0.1) is 0 Å². The van der Waals surface area contributed by atoms with Crippen LogP contribution < -0.4 is 5.32 Å². The molecule has 0 bridgehead atoms. The second-order valence-corrected chi connectivity index (χ2v) is 7.13. The molecule has 1 heterocycles. The predicted molar refractivity (Wildman–Crippen MR) is 79.7 cm³/mol. The van der Waals surface area contributed by atoms with Crippen molar-refractivity contribution in [1.82, 2.24) is 14.9 Å². The van der Waals surface area contributed by atoms with Crippen LogP contribution in [0, 0.1) is 0 Å². The molecule has 0 radical (unpaired) electrons. The largest absolute Gasteiger partial charge is 0.309 e. The highest BCUT2D eigenvalue weighted by molar-refractivity contribution is 7.90. The molecule has 1 N–H and O–H groups in total. The molecule has 20 heavy (non-hydrogen) atoms. The molecule has 1 aromatic heterocycles. The summed E-state index contributed by atoms with van der Waals surface area (Å²) in [5.74, 6) is 0.157. The van der Waals surface area contributed by atoms with Gasteiger partial charge in [0, 0.05) is 36.9 Å². The molecule has 2 rings (SSSR count). The Labute approximate surface area is 119 Å². The molecular formula is C14H19N3O2S. The maximum absolute atomic E-state index is 11.1. The molecule has 0 aliphatic heterocycles. The molecular weight excluding hydrogens is 274 g/mol. The third kappa shape index (κ3) is 4.18. The van der Waals surface area contributed by atoms with E-state index in [4.69, 9.17) is 0 Å². The Morgan fingerprint density at radius 2 is 2.00 bits per heavy atom. The lowest BCUT2D eigenvalue weighted by molar-refractivity contribution is 0.576. The Bertz CT molecular complexity index is 634. The van der Waals surface area contributed by atoms with Crippen molar-refractivity contribution in [2.45, 2.75) is 13.0 Å². The standard InChI is InChI=1S/C14H19N3O2S/c1-12(16-8-10-20(2,18)19)13-3-5-14(6-4-13)17-9-7-15-11-17/h3-7,9,11-12,16H,8,10H2,1-2H3. The topological polar surface area (TPSA) is 64.0 Å². The van der Waals surface area contributed by atoms with Crippen LogP contribution in [0.25, 0.3) is 5.69 Å². The van der Waals surface area contributed by atoms with Crippen molar-refractivity contribution < 1.29 is 8.42 Å². The second kappa shape index (κ2) is 6.19. The quantitative estimate of drug-likeness (QED) is 0.878. The van der Waals surface area contributed by atoms with Crippen LogP contribution in [-0.2, 0) is 9.84 Å². The molecule has 5 nitrogen and oxygen atoms in total. The smallest absolute Gasteiger partial charge is 0.148 e. The number of hydrogen-bond acceptors (Lipinski definition) is 4. The van der Waals surface area contributed by atoms with Crippen molar-refractivity contribution in [2.24, 2.45) is 0 Å². The molecule has 0 spiro atoms. The number of imidazole rings is 1. The number of sulfone groups is 1. The van der Waals surface area contributed by atoms with Crippen molar-refractivity contribution >= 4 is 9.84 Å². The Hall–Kier alpha value is -1.66. The Morgan fingerprint density at radius 3 is 2.55 bits per heavy atom. The SMILES string of the molecule is CC(NCCS(C)(=O)=O)c1ccc(-n2ccnc2)cc1. The van der Waals surface area contributed by atoms with Gasteiger partial charge in [0.1, 0.15) is 9.84 Å². The maximum Gasteiger partial charge on any atom is 0.148 e. The van der Waals surface area contributed by atoms with Crippen LogP contribution in [0.3, 0.4) is 0 Å². The summed E-state index contributed by atoms with van der Waals surface area (Å²) in [5.41, 5.74) is 2.18. The van der Waals surface area contributed by atoms with Gasteiger partial charge < -0.3 is 9.88 Å². The van der Waals surface area contributed by atoms with E-state index in [0.29, 0.717) is 6.54 Å². The molecule has 108 valence electrons. The summed E-state index contributed by atoms with van der Waals surface area (Å²) < 4.78 is 24.1. The van der Waals surface area contributed by atoms with Gasteiger partial charge in [-0.3, -0.25) is 0 Å². The lowest BCUT2D eigenvalue weighted by atomic mass is 10.1. The Morgan fingerprint density at radius 1 is 1.30 bits per heavy atom. The second-order valence-electron chi connectivity index (χ2n) is 4.87. The van der Waals surface area contributed by atoms with Crippen LogP contribution >= 0.6 is 0 Å². The first-order chi connectivity index (χ1) is 9.46. The van der Waals surface area contributed by atoms with Gasteiger partial charge in [-0.25, -0.2) is 13.4 Å². The van der Waals surface area contributed by atoms with Gasteiger partial charge in [0.2, 0.25) is 0 Å². The first-order valence-electron chi connectivity index (χ1n) is 6.45. The Kier molecular flexibility index (Phi) is 4.57. The highest BCUT2D eigenvalue weighted by Crippen LogP contribution is 2.15. The summed E-state index contributed by atoms with van der Waals surface area (Å²) in [7, 11) is -2.91.